The number of nitrogens with one attached hydrogen (secondary N) is 1. The number of carboxylic acids is 1. The lowest BCUT2D eigenvalue weighted by atomic mass is 9.43. The first kappa shape index (κ1) is 27.8. The molecule has 0 heterocycles. The van der Waals surface area contributed by atoms with E-state index in [1.807, 2.05) is 0 Å². The number of aliphatic carboxylic acids is 1. The van der Waals surface area contributed by atoms with Crippen LogP contribution in [0.25, 0.3) is 0 Å². The first-order valence-corrected chi connectivity index (χ1v) is 14.9. The molecule has 0 aromatic carbocycles. The van der Waals surface area contributed by atoms with E-state index < -0.39 is 35.1 Å². The van der Waals surface area contributed by atoms with Crippen molar-refractivity contribution >= 4 is 22.3 Å². The summed E-state index contributed by atoms with van der Waals surface area (Å²) < 4.78 is 40.6. The molecule has 0 aromatic rings. The standard InChI is InChI=1S/C26H43NO8S/c1-15(4-7-22(29)27-14-23(30)31)18-5-6-19-24-20(9-11-26(18,19)3)25(2)10-8-17(28)12-16(25)13-21(24)35-36(32,33)34/h15-21,24,28H,4-14H2,1-3H3,(H,27,29)(H,30,31)(H,32,33,34)/p-2/t15-,16+,17-,18-,19+,20+,21-,24+,25+,26-/m1/s1. The summed E-state index contributed by atoms with van der Waals surface area (Å²) in [4.78, 5) is 22.7. The summed E-state index contributed by atoms with van der Waals surface area (Å²) >= 11 is 0. The first-order chi connectivity index (χ1) is 16.7. The Balaban J connectivity index is 1.53. The molecule has 4 rings (SSSR count). The summed E-state index contributed by atoms with van der Waals surface area (Å²) in [5.74, 6) is -0.432. The van der Waals surface area contributed by atoms with Gasteiger partial charge in [-0.1, -0.05) is 20.8 Å². The molecule has 4 saturated carbocycles. The van der Waals surface area contributed by atoms with Gasteiger partial charge in [0.15, 0.2) is 0 Å². The largest absolute Gasteiger partial charge is 0.726 e. The number of amides is 1. The van der Waals surface area contributed by atoms with Crippen LogP contribution in [-0.2, 0) is 24.2 Å². The van der Waals surface area contributed by atoms with Gasteiger partial charge in [0.1, 0.15) is 0 Å². The van der Waals surface area contributed by atoms with Gasteiger partial charge in [-0.25, -0.2) is 8.42 Å². The van der Waals surface area contributed by atoms with Gasteiger partial charge in [0, 0.05) is 6.42 Å². The molecule has 36 heavy (non-hydrogen) atoms. The van der Waals surface area contributed by atoms with E-state index in [0.29, 0.717) is 25.2 Å². The lowest BCUT2D eigenvalue weighted by molar-refractivity contribution is -0.304. The molecule has 10 heteroatoms. The highest BCUT2D eigenvalue weighted by molar-refractivity contribution is 7.80. The van der Waals surface area contributed by atoms with Crippen LogP contribution in [0.5, 0.6) is 0 Å². The molecule has 1 amide bonds. The van der Waals surface area contributed by atoms with Crippen molar-refractivity contribution in [3.63, 3.8) is 0 Å². The molecule has 4 aliphatic carbocycles. The number of carboxylic acid groups (broad SMARTS) is 1. The molecule has 9 nitrogen and oxygen atoms in total. The number of carbonyl (C=O) groups is 2. The average Bonchev–Trinajstić information content (AvgIpc) is 3.13. The van der Waals surface area contributed by atoms with Crippen LogP contribution in [-0.4, -0.2) is 48.7 Å². The summed E-state index contributed by atoms with van der Waals surface area (Å²) in [6.45, 7) is 6.25. The minimum Gasteiger partial charge on any atom is -0.726 e. The highest BCUT2D eigenvalue weighted by Crippen LogP contribution is 2.68. The van der Waals surface area contributed by atoms with Gasteiger partial charge in [-0.05, 0) is 104 Å². The second kappa shape index (κ2) is 10.2. The smallest absolute Gasteiger partial charge is 0.220 e. The summed E-state index contributed by atoms with van der Waals surface area (Å²) in [6.07, 6.45) is 6.47. The van der Waals surface area contributed by atoms with Crippen LogP contribution in [0, 0.1) is 46.3 Å². The highest BCUT2D eigenvalue weighted by Gasteiger charge is 2.63. The van der Waals surface area contributed by atoms with Gasteiger partial charge in [-0.3, -0.25) is 8.98 Å². The van der Waals surface area contributed by atoms with Crippen LogP contribution in [0.3, 0.4) is 0 Å². The van der Waals surface area contributed by atoms with Crippen molar-refractivity contribution in [3.8, 4) is 0 Å². The van der Waals surface area contributed by atoms with Crippen molar-refractivity contribution in [2.24, 2.45) is 46.3 Å². The predicted octanol–water partition coefficient (Wildman–Crippen LogP) is 1.74. The zero-order valence-corrected chi connectivity index (χ0v) is 22.4. The van der Waals surface area contributed by atoms with Crippen molar-refractivity contribution in [3.05, 3.63) is 0 Å². The molecule has 0 radical (unpaired) electrons. The number of fused-ring (bicyclic) bond motifs is 5. The molecule has 0 unspecified atom stereocenters. The number of hydrogen-bond acceptors (Lipinski definition) is 8. The van der Waals surface area contributed by atoms with Crippen LogP contribution >= 0.6 is 0 Å². The molecular formula is C26H41NO8S-2. The van der Waals surface area contributed by atoms with E-state index >= 15 is 0 Å². The van der Waals surface area contributed by atoms with Crippen LogP contribution in [0.15, 0.2) is 0 Å². The van der Waals surface area contributed by atoms with Crippen molar-refractivity contribution in [2.45, 2.75) is 97.2 Å². The Kier molecular flexibility index (Phi) is 7.84. The maximum Gasteiger partial charge on any atom is 0.220 e. The molecule has 206 valence electrons. The van der Waals surface area contributed by atoms with E-state index in [1.165, 1.54) is 0 Å². The Morgan fingerprint density at radius 2 is 1.75 bits per heavy atom. The molecule has 10 atom stereocenters. The molecule has 0 aliphatic heterocycles. The third-order valence-corrected chi connectivity index (χ3v) is 11.4. The SMILES string of the molecule is C[C@H](CCC(=O)NCC(=O)[O-])[C@H]1CC[C@H]2[C@@H]3[C@H](OS(=O)(=O)[O-])C[C@@H]4C[C@H](O)CC[C@]4(C)[C@H]3CC[C@]12C. The van der Waals surface area contributed by atoms with Crippen LogP contribution in [0.1, 0.15) is 85.0 Å². The number of carbonyl (C=O) groups excluding carboxylic acids is 2. The zero-order valence-electron chi connectivity index (χ0n) is 21.6. The average molecular weight is 528 g/mol. The Hall–Kier alpha value is -1.23. The van der Waals surface area contributed by atoms with E-state index in [2.05, 4.69) is 26.1 Å². The zero-order chi connectivity index (χ0) is 26.5. The summed E-state index contributed by atoms with van der Waals surface area (Å²) in [5, 5.41) is 23.3. The maximum atomic E-state index is 12.1. The molecule has 0 bridgehead atoms. The highest BCUT2D eigenvalue weighted by atomic mass is 32.3. The molecule has 0 aromatic heterocycles. The normalized spacial score (nSPS) is 43.1. The van der Waals surface area contributed by atoms with Gasteiger partial charge >= 0.3 is 0 Å². The Labute approximate surface area is 214 Å². The Morgan fingerprint density at radius 3 is 2.42 bits per heavy atom. The van der Waals surface area contributed by atoms with Crippen LogP contribution in [0.4, 0.5) is 0 Å². The molecule has 0 saturated heterocycles. The van der Waals surface area contributed by atoms with E-state index in [9.17, 15) is 32.8 Å². The molecule has 2 N–H and O–H groups in total. The lowest BCUT2D eigenvalue weighted by Crippen LogP contribution is -2.59. The second-order valence-corrected chi connectivity index (χ2v) is 13.6. The van der Waals surface area contributed by atoms with Gasteiger partial charge in [-0.2, -0.15) is 0 Å². The fourth-order valence-electron chi connectivity index (χ4n) is 9.22. The lowest BCUT2D eigenvalue weighted by Gasteiger charge is -2.63. The van der Waals surface area contributed by atoms with E-state index in [4.69, 9.17) is 4.18 Å². The number of aliphatic hydroxyl groups excluding tert-OH is 1. The third-order valence-electron chi connectivity index (χ3n) is 10.9. The van der Waals surface area contributed by atoms with Gasteiger partial charge in [0.25, 0.3) is 0 Å². The minimum atomic E-state index is -4.86. The van der Waals surface area contributed by atoms with E-state index in [0.717, 1.165) is 38.5 Å². The van der Waals surface area contributed by atoms with Crippen LogP contribution < -0.4 is 10.4 Å². The van der Waals surface area contributed by atoms with Crippen LogP contribution in [0.2, 0.25) is 0 Å². The predicted molar refractivity (Wildman–Crippen MR) is 128 cm³/mol. The van der Waals surface area contributed by atoms with Gasteiger partial charge in [0.2, 0.25) is 16.3 Å². The fraction of sp³-hybridized carbons (Fsp3) is 0.923. The van der Waals surface area contributed by atoms with Crippen molar-refractivity contribution in [2.75, 3.05) is 6.54 Å². The summed E-state index contributed by atoms with van der Waals surface area (Å²) in [5.41, 5.74) is -0.0494. The van der Waals surface area contributed by atoms with Crippen molar-refractivity contribution in [1.82, 2.24) is 5.32 Å². The number of hydrogen-bond donors (Lipinski definition) is 2. The fourth-order valence-corrected chi connectivity index (χ4v) is 9.73. The Morgan fingerprint density at radius 1 is 1.08 bits per heavy atom. The topological polar surface area (TPSA) is 156 Å². The van der Waals surface area contributed by atoms with E-state index in [1.54, 1.807) is 0 Å². The number of rotatable bonds is 8. The molecule has 4 fully saturated rings. The van der Waals surface area contributed by atoms with Crippen molar-refractivity contribution in [1.29, 1.82) is 0 Å². The summed E-state index contributed by atoms with van der Waals surface area (Å²) in [7, 11) is -4.86. The van der Waals surface area contributed by atoms with Gasteiger partial charge < -0.3 is 24.9 Å². The van der Waals surface area contributed by atoms with Crippen molar-refractivity contribution < 1.29 is 37.0 Å². The number of aliphatic hydroxyl groups is 1. The first-order valence-electron chi connectivity index (χ1n) is 13.5. The van der Waals surface area contributed by atoms with Gasteiger partial charge in [0.05, 0.1) is 24.7 Å². The Bertz CT molecular complexity index is 956. The molecular weight excluding hydrogens is 486 g/mol. The summed E-state index contributed by atoms with van der Waals surface area (Å²) in [6, 6.07) is 0. The second-order valence-electron chi connectivity index (χ2n) is 12.6. The third kappa shape index (κ3) is 5.33. The van der Waals surface area contributed by atoms with E-state index in [-0.39, 0.29) is 52.7 Å². The minimum absolute atomic E-state index is 0.00147. The quantitative estimate of drug-likeness (QED) is 0.357. The monoisotopic (exact) mass is 527 g/mol. The molecule has 4 aliphatic rings. The maximum absolute atomic E-state index is 12.1. The molecule has 0 spiro atoms. The van der Waals surface area contributed by atoms with Gasteiger partial charge in [-0.15, -0.1) is 0 Å².